The van der Waals surface area contributed by atoms with Crippen molar-refractivity contribution in [2.45, 2.75) is 51.9 Å². The zero-order valence-corrected chi connectivity index (χ0v) is 15.5. The SMILES string of the molecule is C=C1C/C=C\[C@@](C)(O)CC[C@@H]2/C(=C/C=C/C(C)C)[C@@H](OC)OC[C@@H]12. The average molecular weight is 332 g/mol. The van der Waals surface area contributed by atoms with Gasteiger partial charge in [0.25, 0.3) is 0 Å². The van der Waals surface area contributed by atoms with E-state index in [1.54, 1.807) is 7.11 Å². The van der Waals surface area contributed by atoms with E-state index in [2.05, 4.69) is 38.7 Å². The van der Waals surface area contributed by atoms with Crippen molar-refractivity contribution in [1.82, 2.24) is 0 Å². The molecular formula is C21H32O3. The average Bonchev–Trinajstić information content (AvgIpc) is 2.56. The lowest BCUT2D eigenvalue weighted by atomic mass is 9.75. The largest absolute Gasteiger partial charge is 0.386 e. The summed E-state index contributed by atoms with van der Waals surface area (Å²) >= 11 is 0. The van der Waals surface area contributed by atoms with Crippen molar-refractivity contribution in [3.05, 3.63) is 48.1 Å². The quantitative estimate of drug-likeness (QED) is 0.778. The molecule has 24 heavy (non-hydrogen) atoms. The van der Waals surface area contributed by atoms with Gasteiger partial charge in [0.05, 0.1) is 12.2 Å². The number of hydrogen-bond acceptors (Lipinski definition) is 3. The second-order valence-corrected chi connectivity index (χ2v) is 7.57. The minimum absolute atomic E-state index is 0.272. The molecule has 0 spiro atoms. The van der Waals surface area contributed by atoms with Crippen LogP contribution in [0.4, 0.5) is 0 Å². The summed E-state index contributed by atoms with van der Waals surface area (Å²) in [6.07, 6.45) is 12.4. The molecule has 3 heteroatoms. The first-order valence-electron chi connectivity index (χ1n) is 8.94. The molecule has 1 aliphatic carbocycles. The molecule has 1 fully saturated rings. The summed E-state index contributed by atoms with van der Waals surface area (Å²) < 4.78 is 11.5. The Balaban J connectivity index is 2.33. The highest BCUT2D eigenvalue weighted by Gasteiger charge is 2.38. The number of aliphatic hydroxyl groups is 1. The van der Waals surface area contributed by atoms with Crippen LogP contribution in [-0.2, 0) is 9.47 Å². The summed E-state index contributed by atoms with van der Waals surface area (Å²) in [5.41, 5.74) is 1.56. The summed E-state index contributed by atoms with van der Waals surface area (Å²) in [6.45, 7) is 11.1. The van der Waals surface area contributed by atoms with E-state index in [4.69, 9.17) is 9.47 Å². The van der Waals surface area contributed by atoms with Gasteiger partial charge in [-0.05, 0) is 43.6 Å². The molecule has 0 aromatic carbocycles. The maximum absolute atomic E-state index is 10.5. The summed E-state index contributed by atoms with van der Waals surface area (Å²) in [5.74, 6) is 1.07. The number of fused-ring (bicyclic) bond motifs is 1. The predicted molar refractivity (Wildman–Crippen MR) is 98.5 cm³/mol. The third-order valence-corrected chi connectivity index (χ3v) is 4.95. The van der Waals surface area contributed by atoms with Gasteiger partial charge in [0.1, 0.15) is 0 Å². The number of rotatable bonds is 3. The van der Waals surface area contributed by atoms with Gasteiger partial charge in [0.2, 0.25) is 0 Å². The van der Waals surface area contributed by atoms with Gasteiger partial charge < -0.3 is 14.6 Å². The van der Waals surface area contributed by atoms with Crippen LogP contribution in [0.25, 0.3) is 0 Å². The molecule has 134 valence electrons. The van der Waals surface area contributed by atoms with Crippen LogP contribution in [0, 0.1) is 17.8 Å². The fraction of sp³-hybridized carbons (Fsp3) is 0.619. The molecule has 2 rings (SSSR count). The van der Waals surface area contributed by atoms with E-state index in [-0.39, 0.29) is 12.2 Å². The Morgan fingerprint density at radius 1 is 1.42 bits per heavy atom. The van der Waals surface area contributed by atoms with Crippen LogP contribution in [0.5, 0.6) is 0 Å². The second-order valence-electron chi connectivity index (χ2n) is 7.57. The van der Waals surface area contributed by atoms with Crippen molar-refractivity contribution in [3.8, 4) is 0 Å². The minimum Gasteiger partial charge on any atom is -0.386 e. The van der Waals surface area contributed by atoms with Crippen LogP contribution in [0.1, 0.15) is 40.0 Å². The molecule has 3 nitrogen and oxygen atoms in total. The lowest BCUT2D eigenvalue weighted by Gasteiger charge is -2.39. The van der Waals surface area contributed by atoms with Gasteiger partial charge in [-0.25, -0.2) is 0 Å². The molecule has 0 radical (unpaired) electrons. The third-order valence-electron chi connectivity index (χ3n) is 4.95. The van der Waals surface area contributed by atoms with Crippen LogP contribution in [0.15, 0.2) is 48.1 Å². The number of hydrogen-bond donors (Lipinski definition) is 1. The molecule has 2 aliphatic rings. The Morgan fingerprint density at radius 2 is 2.17 bits per heavy atom. The molecule has 1 heterocycles. The number of ether oxygens (including phenoxy) is 2. The molecule has 0 aromatic rings. The monoisotopic (exact) mass is 332 g/mol. The third kappa shape index (κ3) is 4.92. The van der Waals surface area contributed by atoms with E-state index in [0.29, 0.717) is 18.4 Å². The van der Waals surface area contributed by atoms with Gasteiger partial charge >= 0.3 is 0 Å². The number of methoxy groups -OCH3 is 1. The molecule has 1 saturated heterocycles. The highest BCUT2D eigenvalue weighted by Crippen LogP contribution is 2.41. The first-order valence-corrected chi connectivity index (χ1v) is 8.94. The first kappa shape index (κ1) is 19.2. The van der Waals surface area contributed by atoms with Gasteiger partial charge in [0, 0.05) is 13.0 Å². The van der Waals surface area contributed by atoms with Crippen LogP contribution in [0.2, 0.25) is 0 Å². The Morgan fingerprint density at radius 3 is 2.83 bits per heavy atom. The predicted octanol–water partition coefficient (Wildman–Crippen LogP) is 4.41. The molecule has 1 aliphatic heterocycles. The normalized spacial score (nSPS) is 38.0. The summed E-state index contributed by atoms with van der Waals surface area (Å²) in [7, 11) is 1.69. The Bertz CT molecular complexity index is 525. The lowest BCUT2D eigenvalue weighted by Crippen LogP contribution is -2.38. The zero-order valence-electron chi connectivity index (χ0n) is 15.5. The summed E-state index contributed by atoms with van der Waals surface area (Å²) in [4.78, 5) is 0. The Kier molecular flexibility index (Phi) is 6.62. The minimum atomic E-state index is -0.769. The summed E-state index contributed by atoms with van der Waals surface area (Å²) in [5, 5.41) is 10.5. The van der Waals surface area contributed by atoms with Crippen LogP contribution in [-0.4, -0.2) is 30.7 Å². The van der Waals surface area contributed by atoms with Crippen molar-refractivity contribution in [1.29, 1.82) is 0 Å². The maximum Gasteiger partial charge on any atom is 0.180 e. The van der Waals surface area contributed by atoms with Crippen LogP contribution < -0.4 is 0 Å². The molecule has 0 saturated carbocycles. The van der Waals surface area contributed by atoms with Gasteiger partial charge in [-0.1, -0.05) is 56.4 Å². The molecule has 0 bridgehead atoms. The summed E-state index contributed by atoms with van der Waals surface area (Å²) in [6, 6.07) is 0. The van der Waals surface area contributed by atoms with E-state index in [1.165, 1.54) is 5.57 Å². The van der Waals surface area contributed by atoms with Crippen molar-refractivity contribution >= 4 is 0 Å². The second kappa shape index (κ2) is 8.28. The zero-order chi connectivity index (χ0) is 17.7. The molecule has 0 aromatic heterocycles. The van der Waals surface area contributed by atoms with Gasteiger partial charge in [0.15, 0.2) is 6.29 Å². The van der Waals surface area contributed by atoms with E-state index < -0.39 is 5.60 Å². The van der Waals surface area contributed by atoms with Crippen molar-refractivity contribution < 1.29 is 14.6 Å². The fourth-order valence-electron chi connectivity index (χ4n) is 3.52. The van der Waals surface area contributed by atoms with E-state index in [1.807, 2.05) is 19.1 Å². The Hall–Kier alpha value is -1.16. The van der Waals surface area contributed by atoms with Crippen LogP contribution >= 0.6 is 0 Å². The van der Waals surface area contributed by atoms with Crippen LogP contribution in [0.3, 0.4) is 0 Å². The first-order chi connectivity index (χ1) is 11.3. The highest BCUT2D eigenvalue weighted by molar-refractivity contribution is 5.26. The molecule has 0 amide bonds. The molecule has 4 atom stereocenters. The lowest BCUT2D eigenvalue weighted by molar-refractivity contribution is -0.136. The number of allylic oxidation sites excluding steroid dienone is 4. The molecular weight excluding hydrogens is 300 g/mol. The van der Waals surface area contributed by atoms with E-state index in [0.717, 1.165) is 24.8 Å². The Labute approximate surface area is 146 Å². The maximum atomic E-state index is 10.5. The van der Waals surface area contributed by atoms with Crippen molar-refractivity contribution in [2.24, 2.45) is 17.8 Å². The fourth-order valence-corrected chi connectivity index (χ4v) is 3.52. The highest BCUT2D eigenvalue weighted by atomic mass is 16.7. The van der Waals surface area contributed by atoms with E-state index >= 15 is 0 Å². The molecule has 0 unspecified atom stereocenters. The van der Waals surface area contributed by atoms with Gasteiger partial charge in [-0.2, -0.15) is 0 Å². The van der Waals surface area contributed by atoms with Gasteiger partial charge in [-0.15, -0.1) is 0 Å². The van der Waals surface area contributed by atoms with Gasteiger partial charge in [-0.3, -0.25) is 0 Å². The van der Waals surface area contributed by atoms with Crippen molar-refractivity contribution in [3.63, 3.8) is 0 Å². The molecule has 1 N–H and O–H groups in total. The smallest absolute Gasteiger partial charge is 0.180 e. The standard InChI is InChI=1S/C21H32O3/c1-15(2)8-6-10-18-17-11-13-21(4,22)12-7-9-16(3)19(17)14-24-20(18)23-5/h6-8,10,12,15,17,19-20,22H,3,9,11,13-14H2,1-2,4-5H3/b8-6+,12-7-,18-10-/t17-,19+,20+,21-/m1/s1. The topological polar surface area (TPSA) is 38.7 Å². The van der Waals surface area contributed by atoms with E-state index in [9.17, 15) is 5.11 Å². The van der Waals surface area contributed by atoms with Crippen molar-refractivity contribution in [2.75, 3.05) is 13.7 Å².